The standard InChI is InChI=1S/C17H15BrClNO/c1-9-3-5-12-10(2)17(21-15(12)7-9)16(20)13-6-4-11(18)8-14(13)19/h3-8,16H,20H2,1-2H3. The number of hydrogen-bond acceptors (Lipinski definition) is 2. The van der Waals surface area contributed by atoms with Gasteiger partial charge in [-0.25, -0.2) is 0 Å². The molecule has 0 saturated carbocycles. The number of aryl methyl sites for hydroxylation is 2. The fourth-order valence-electron chi connectivity index (χ4n) is 2.54. The second-order valence-electron chi connectivity index (χ2n) is 5.23. The van der Waals surface area contributed by atoms with Gasteiger partial charge in [-0.3, -0.25) is 0 Å². The number of hydrogen-bond donors (Lipinski definition) is 1. The highest BCUT2D eigenvalue weighted by Gasteiger charge is 2.20. The summed E-state index contributed by atoms with van der Waals surface area (Å²) in [6.45, 7) is 4.08. The Kier molecular flexibility index (Phi) is 3.82. The molecule has 1 atom stereocenters. The van der Waals surface area contributed by atoms with E-state index in [2.05, 4.69) is 28.1 Å². The molecule has 0 amide bonds. The first kappa shape index (κ1) is 14.6. The van der Waals surface area contributed by atoms with Crippen molar-refractivity contribution in [2.24, 2.45) is 5.73 Å². The molecule has 21 heavy (non-hydrogen) atoms. The molecule has 0 radical (unpaired) electrons. The van der Waals surface area contributed by atoms with Crippen LogP contribution in [-0.2, 0) is 0 Å². The van der Waals surface area contributed by atoms with Crippen molar-refractivity contribution >= 4 is 38.5 Å². The molecule has 1 aromatic heterocycles. The molecule has 2 nitrogen and oxygen atoms in total. The van der Waals surface area contributed by atoms with Crippen molar-refractivity contribution in [1.29, 1.82) is 0 Å². The van der Waals surface area contributed by atoms with Gasteiger partial charge in [-0.05, 0) is 43.2 Å². The van der Waals surface area contributed by atoms with Crippen LogP contribution < -0.4 is 5.73 Å². The van der Waals surface area contributed by atoms with Crippen LogP contribution in [0.15, 0.2) is 45.3 Å². The van der Waals surface area contributed by atoms with E-state index in [0.717, 1.165) is 37.9 Å². The lowest BCUT2D eigenvalue weighted by Gasteiger charge is -2.12. The van der Waals surface area contributed by atoms with Gasteiger partial charge in [0.2, 0.25) is 0 Å². The normalized spacial score (nSPS) is 12.8. The molecule has 0 saturated heterocycles. The van der Waals surface area contributed by atoms with Crippen LogP contribution in [0.3, 0.4) is 0 Å². The first-order valence-corrected chi connectivity index (χ1v) is 7.84. The Balaban J connectivity index is 2.13. The van der Waals surface area contributed by atoms with Gasteiger partial charge in [-0.15, -0.1) is 0 Å². The minimum absolute atomic E-state index is 0.377. The third-order valence-electron chi connectivity index (χ3n) is 3.71. The molecule has 0 aliphatic heterocycles. The summed E-state index contributed by atoms with van der Waals surface area (Å²) in [4.78, 5) is 0. The molecule has 0 aliphatic carbocycles. The van der Waals surface area contributed by atoms with E-state index in [1.165, 1.54) is 0 Å². The van der Waals surface area contributed by atoms with Gasteiger partial charge in [0.15, 0.2) is 0 Å². The number of fused-ring (bicyclic) bond motifs is 1. The SMILES string of the molecule is Cc1ccc2c(C)c(C(N)c3ccc(Br)cc3Cl)oc2c1. The molecule has 0 bridgehead atoms. The average Bonchev–Trinajstić information content (AvgIpc) is 2.75. The van der Waals surface area contributed by atoms with Gasteiger partial charge in [0, 0.05) is 20.4 Å². The van der Waals surface area contributed by atoms with Crippen molar-refractivity contribution in [2.45, 2.75) is 19.9 Å². The van der Waals surface area contributed by atoms with E-state index in [1.807, 2.05) is 38.1 Å². The van der Waals surface area contributed by atoms with Crippen LogP contribution >= 0.6 is 27.5 Å². The molecular weight excluding hydrogens is 350 g/mol. The Morgan fingerprint density at radius 3 is 2.62 bits per heavy atom. The van der Waals surface area contributed by atoms with Gasteiger partial charge >= 0.3 is 0 Å². The smallest absolute Gasteiger partial charge is 0.134 e. The molecule has 1 unspecified atom stereocenters. The molecule has 3 aromatic rings. The molecule has 4 heteroatoms. The van der Waals surface area contributed by atoms with Crippen molar-refractivity contribution < 1.29 is 4.42 Å². The lowest BCUT2D eigenvalue weighted by Crippen LogP contribution is -2.12. The van der Waals surface area contributed by atoms with Crippen molar-refractivity contribution in [1.82, 2.24) is 0 Å². The first-order chi connectivity index (χ1) is 9.97. The van der Waals surface area contributed by atoms with Crippen molar-refractivity contribution in [3.8, 4) is 0 Å². The lowest BCUT2D eigenvalue weighted by atomic mass is 10.0. The Hall–Kier alpha value is -1.29. The van der Waals surface area contributed by atoms with Crippen LogP contribution in [0, 0.1) is 13.8 Å². The van der Waals surface area contributed by atoms with Gasteiger partial charge in [0.25, 0.3) is 0 Å². The first-order valence-electron chi connectivity index (χ1n) is 6.67. The maximum absolute atomic E-state index is 6.38. The number of nitrogens with two attached hydrogens (primary N) is 1. The second kappa shape index (κ2) is 5.48. The Morgan fingerprint density at radius 2 is 1.90 bits per heavy atom. The van der Waals surface area contributed by atoms with Crippen LogP contribution in [0.5, 0.6) is 0 Å². The third kappa shape index (κ3) is 2.61. The summed E-state index contributed by atoms with van der Waals surface area (Å²) in [5.41, 5.74) is 10.3. The summed E-state index contributed by atoms with van der Waals surface area (Å²) in [6.07, 6.45) is 0. The van der Waals surface area contributed by atoms with E-state index in [0.29, 0.717) is 5.02 Å². The van der Waals surface area contributed by atoms with Crippen LogP contribution in [0.2, 0.25) is 5.02 Å². The highest BCUT2D eigenvalue weighted by molar-refractivity contribution is 9.10. The fourth-order valence-corrected chi connectivity index (χ4v) is 3.33. The summed E-state index contributed by atoms with van der Waals surface area (Å²) in [7, 11) is 0. The monoisotopic (exact) mass is 363 g/mol. The van der Waals surface area contributed by atoms with E-state index < -0.39 is 0 Å². The number of rotatable bonds is 2. The molecule has 0 fully saturated rings. The summed E-state index contributed by atoms with van der Waals surface area (Å²) in [5, 5.41) is 1.73. The zero-order chi connectivity index (χ0) is 15.1. The van der Waals surface area contributed by atoms with E-state index >= 15 is 0 Å². The highest BCUT2D eigenvalue weighted by Crippen LogP contribution is 2.35. The summed E-state index contributed by atoms with van der Waals surface area (Å²) < 4.78 is 6.92. The highest BCUT2D eigenvalue weighted by atomic mass is 79.9. The Bertz CT molecular complexity index is 825. The van der Waals surface area contributed by atoms with Crippen molar-refractivity contribution in [3.63, 3.8) is 0 Å². The quantitative estimate of drug-likeness (QED) is 0.651. The van der Waals surface area contributed by atoms with Gasteiger partial charge < -0.3 is 10.2 Å². The number of benzene rings is 2. The largest absolute Gasteiger partial charge is 0.459 e. The van der Waals surface area contributed by atoms with Crippen molar-refractivity contribution in [3.05, 3.63) is 68.3 Å². The van der Waals surface area contributed by atoms with Crippen LogP contribution in [0.4, 0.5) is 0 Å². The molecule has 0 aliphatic rings. The van der Waals surface area contributed by atoms with Gasteiger partial charge in [0.1, 0.15) is 11.3 Å². The van der Waals surface area contributed by atoms with Crippen LogP contribution in [-0.4, -0.2) is 0 Å². The van der Waals surface area contributed by atoms with E-state index in [-0.39, 0.29) is 6.04 Å². The van der Waals surface area contributed by atoms with E-state index in [1.54, 1.807) is 0 Å². The predicted octanol–water partition coefficient (Wildman–Crippen LogP) is 5.51. The summed E-state index contributed by atoms with van der Waals surface area (Å²) in [6, 6.07) is 11.5. The lowest BCUT2D eigenvalue weighted by molar-refractivity contribution is 0.521. The number of furan rings is 1. The molecule has 108 valence electrons. The summed E-state index contributed by atoms with van der Waals surface area (Å²) in [5.74, 6) is 0.764. The van der Waals surface area contributed by atoms with Gasteiger partial charge in [0.05, 0.1) is 6.04 Å². The van der Waals surface area contributed by atoms with Gasteiger partial charge in [-0.2, -0.15) is 0 Å². The minimum Gasteiger partial charge on any atom is -0.459 e. The molecule has 0 spiro atoms. The molecule has 1 heterocycles. The molecule has 3 rings (SSSR count). The maximum Gasteiger partial charge on any atom is 0.134 e. The summed E-state index contributed by atoms with van der Waals surface area (Å²) >= 11 is 9.70. The van der Waals surface area contributed by atoms with Crippen molar-refractivity contribution in [2.75, 3.05) is 0 Å². The Labute approximate surface area is 137 Å². The van der Waals surface area contributed by atoms with Gasteiger partial charge in [-0.1, -0.05) is 45.7 Å². The van der Waals surface area contributed by atoms with E-state index in [4.69, 9.17) is 21.8 Å². The Morgan fingerprint density at radius 1 is 1.14 bits per heavy atom. The minimum atomic E-state index is -0.377. The molecule has 2 aromatic carbocycles. The molecular formula is C17H15BrClNO. The third-order valence-corrected chi connectivity index (χ3v) is 4.53. The molecule has 2 N–H and O–H groups in total. The maximum atomic E-state index is 6.38. The second-order valence-corrected chi connectivity index (χ2v) is 6.56. The average molecular weight is 365 g/mol. The predicted molar refractivity (Wildman–Crippen MR) is 90.9 cm³/mol. The van der Waals surface area contributed by atoms with Crippen LogP contribution in [0.1, 0.15) is 28.5 Å². The fraction of sp³-hybridized carbons (Fsp3) is 0.176. The number of halogens is 2. The zero-order valence-corrected chi connectivity index (χ0v) is 14.1. The topological polar surface area (TPSA) is 39.2 Å². The van der Waals surface area contributed by atoms with Crippen LogP contribution in [0.25, 0.3) is 11.0 Å². The van der Waals surface area contributed by atoms with E-state index in [9.17, 15) is 0 Å². The zero-order valence-electron chi connectivity index (χ0n) is 11.8.